The van der Waals surface area contributed by atoms with Crippen molar-refractivity contribution in [1.82, 2.24) is 4.31 Å². The Morgan fingerprint density at radius 2 is 1.79 bits per heavy atom. The number of rotatable bonds is 2. The van der Waals surface area contributed by atoms with Crippen molar-refractivity contribution in [2.24, 2.45) is 0 Å². The first-order valence-corrected chi connectivity index (χ1v) is 9.42. The van der Waals surface area contributed by atoms with Crippen molar-refractivity contribution >= 4 is 10.0 Å². The van der Waals surface area contributed by atoms with E-state index < -0.39 is 33.1 Å². The lowest BCUT2D eigenvalue weighted by Gasteiger charge is -2.51. The zero-order valence-electron chi connectivity index (χ0n) is 13.5. The topological polar surface area (TPSA) is 87.1 Å². The molecule has 0 aliphatic carbocycles. The second kappa shape index (κ2) is 6.03. The average molecular weight is 359 g/mol. The molecule has 1 aromatic carbocycles. The summed E-state index contributed by atoms with van der Waals surface area (Å²) in [5, 5.41) is 20.8. The summed E-state index contributed by atoms with van der Waals surface area (Å²) < 4.78 is 45.3. The number of hydrogen-bond acceptors (Lipinski definition) is 5. The van der Waals surface area contributed by atoms with Crippen molar-refractivity contribution in [3.05, 3.63) is 30.1 Å². The van der Waals surface area contributed by atoms with Gasteiger partial charge in [-0.15, -0.1) is 0 Å². The molecule has 2 aliphatic heterocycles. The summed E-state index contributed by atoms with van der Waals surface area (Å²) in [6, 6.07) is 4.71. The molecule has 2 N–H and O–H groups in total. The molecular formula is C16H22FNO5S. The Labute approximate surface area is 140 Å². The van der Waals surface area contributed by atoms with Crippen LogP contribution in [0.2, 0.25) is 0 Å². The Kier molecular flexibility index (Phi) is 4.46. The number of aliphatic hydroxyl groups is 2. The van der Waals surface area contributed by atoms with Crippen LogP contribution in [0.5, 0.6) is 0 Å². The molecule has 0 radical (unpaired) electrons. The number of sulfonamides is 1. The van der Waals surface area contributed by atoms with Gasteiger partial charge in [0.15, 0.2) is 0 Å². The zero-order valence-corrected chi connectivity index (χ0v) is 14.3. The molecule has 2 saturated heterocycles. The third kappa shape index (κ3) is 2.97. The Morgan fingerprint density at radius 3 is 2.38 bits per heavy atom. The van der Waals surface area contributed by atoms with Crippen molar-refractivity contribution in [2.45, 2.75) is 48.4 Å². The van der Waals surface area contributed by atoms with E-state index in [1.165, 1.54) is 16.4 Å². The number of halogens is 1. The number of hydrogen-bond donors (Lipinski definition) is 2. The van der Waals surface area contributed by atoms with E-state index in [-0.39, 0.29) is 18.0 Å². The number of nitrogens with zero attached hydrogens (tertiary/aromatic N) is 1. The maximum Gasteiger partial charge on any atom is 0.243 e. The molecule has 0 bridgehead atoms. The molecule has 2 heterocycles. The Balaban J connectivity index is 1.76. The fourth-order valence-electron chi connectivity index (χ4n) is 3.52. The largest absolute Gasteiger partial charge is 0.387 e. The van der Waals surface area contributed by atoms with Crippen molar-refractivity contribution in [1.29, 1.82) is 0 Å². The lowest BCUT2D eigenvalue weighted by molar-refractivity contribution is -0.243. The highest BCUT2D eigenvalue weighted by molar-refractivity contribution is 7.89. The minimum atomic E-state index is -3.71. The molecule has 2 aliphatic rings. The highest BCUT2D eigenvalue weighted by Gasteiger charge is 2.53. The van der Waals surface area contributed by atoms with E-state index in [4.69, 9.17) is 4.74 Å². The summed E-state index contributed by atoms with van der Waals surface area (Å²) in [7, 11) is -3.71. The minimum absolute atomic E-state index is 0.0388. The smallest absolute Gasteiger partial charge is 0.243 e. The first-order chi connectivity index (χ1) is 11.2. The molecule has 134 valence electrons. The van der Waals surface area contributed by atoms with Gasteiger partial charge in [-0.1, -0.05) is 0 Å². The minimum Gasteiger partial charge on any atom is -0.387 e. The molecule has 0 saturated carbocycles. The molecule has 0 amide bonds. The van der Waals surface area contributed by atoms with E-state index >= 15 is 0 Å². The zero-order chi connectivity index (χ0) is 17.6. The van der Waals surface area contributed by atoms with Crippen LogP contribution >= 0.6 is 0 Å². The summed E-state index contributed by atoms with van der Waals surface area (Å²) in [5.74, 6) is -0.493. The van der Waals surface area contributed by atoms with Gasteiger partial charge in [0, 0.05) is 19.5 Å². The van der Waals surface area contributed by atoms with Gasteiger partial charge in [-0.3, -0.25) is 0 Å². The molecule has 24 heavy (non-hydrogen) atoms. The molecule has 1 spiro atoms. The van der Waals surface area contributed by atoms with E-state index in [0.717, 1.165) is 12.1 Å². The molecule has 1 aromatic rings. The number of aliphatic hydroxyl groups excluding tert-OH is 1. The lowest BCUT2D eigenvalue weighted by atomic mass is 9.75. The monoisotopic (exact) mass is 359 g/mol. The quantitative estimate of drug-likeness (QED) is 0.819. The number of ether oxygens (including phenoxy) is 1. The predicted octanol–water partition coefficient (Wildman–Crippen LogP) is 0.881. The van der Waals surface area contributed by atoms with Gasteiger partial charge < -0.3 is 14.9 Å². The fraction of sp³-hybridized carbons (Fsp3) is 0.625. The standard InChI is InChI=1S/C16H22FNO5S/c1-15(20)8-11-23-16(14(15)19)6-9-18(10-7-16)24(21,22)13-4-2-12(17)3-5-13/h2-5,14,19-20H,6-11H2,1H3/t14-,15+/m0/s1. The van der Waals surface area contributed by atoms with Gasteiger partial charge in [0.1, 0.15) is 11.9 Å². The maximum atomic E-state index is 13.0. The van der Waals surface area contributed by atoms with E-state index in [2.05, 4.69) is 0 Å². The summed E-state index contributed by atoms with van der Waals surface area (Å²) in [6.45, 7) is 2.25. The van der Waals surface area contributed by atoms with Crippen LogP contribution in [0.15, 0.2) is 29.2 Å². The second-order valence-corrected chi connectivity index (χ2v) is 8.72. The Bertz CT molecular complexity index is 696. The van der Waals surface area contributed by atoms with Crippen molar-refractivity contribution in [3.63, 3.8) is 0 Å². The molecule has 2 fully saturated rings. The van der Waals surface area contributed by atoms with Gasteiger partial charge >= 0.3 is 0 Å². The van der Waals surface area contributed by atoms with Crippen LogP contribution in [0.25, 0.3) is 0 Å². The third-order valence-electron chi connectivity index (χ3n) is 5.11. The van der Waals surface area contributed by atoms with E-state index in [9.17, 15) is 23.0 Å². The van der Waals surface area contributed by atoms with Crippen molar-refractivity contribution in [2.75, 3.05) is 19.7 Å². The van der Waals surface area contributed by atoms with Gasteiger partial charge in [0.05, 0.1) is 22.7 Å². The Morgan fingerprint density at radius 1 is 1.21 bits per heavy atom. The van der Waals surface area contributed by atoms with Crippen LogP contribution in [0.4, 0.5) is 4.39 Å². The van der Waals surface area contributed by atoms with Gasteiger partial charge in [0.25, 0.3) is 0 Å². The highest BCUT2D eigenvalue weighted by Crippen LogP contribution is 2.40. The lowest BCUT2D eigenvalue weighted by Crippen LogP contribution is -2.64. The van der Waals surface area contributed by atoms with Crippen LogP contribution < -0.4 is 0 Å². The summed E-state index contributed by atoms with van der Waals surface area (Å²) in [4.78, 5) is 0.0388. The van der Waals surface area contributed by atoms with Crippen LogP contribution in [0.3, 0.4) is 0 Å². The molecule has 0 unspecified atom stereocenters. The van der Waals surface area contributed by atoms with Crippen molar-refractivity contribution < 1.29 is 27.8 Å². The third-order valence-corrected chi connectivity index (χ3v) is 7.02. The molecule has 2 atom stereocenters. The Hall–Kier alpha value is -1.06. The predicted molar refractivity (Wildman–Crippen MR) is 84.3 cm³/mol. The maximum absolute atomic E-state index is 13.0. The molecule has 0 aromatic heterocycles. The molecule has 3 rings (SSSR count). The first kappa shape index (κ1) is 17.8. The number of piperidine rings is 1. The molecule has 6 nitrogen and oxygen atoms in total. The number of benzene rings is 1. The molecular weight excluding hydrogens is 337 g/mol. The molecule has 8 heteroatoms. The normalized spacial score (nSPS) is 31.2. The van der Waals surface area contributed by atoms with Gasteiger partial charge in [-0.05, 0) is 44.0 Å². The fourth-order valence-corrected chi connectivity index (χ4v) is 4.96. The van der Waals surface area contributed by atoms with Crippen LogP contribution in [-0.4, -0.2) is 59.9 Å². The van der Waals surface area contributed by atoms with Crippen LogP contribution in [0.1, 0.15) is 26.2 Å². The summed E-state index contributed by atoms with van der Waals surface area (Å²) in [6.07, 6.45) is -0.127. The average Bonchev–Trinajstić information content (AvgIpc) is 2.53. The second-order valence-electron chi connectivity index (χ2n) is 6.78. The first-order valence-electron chi connectivity index (χ1n) is 7.98. The van der Waals surface area contributed by atoms with Gasteiger partial charge in [-0.25, -0.2) is 12.8 Å². The summed E-state index contributed by atoms with van der Waals surface area (Å²) in [5.41, 5.74) is -2.16. The van der Waals surface area contributed by atoms with E-state index in [0.29, 0.717) is 25.9 Å². The van der Waals surface area contributed by atoms with Crippen LogP contribution in [0, 0.1) is 5.82 Å². The van der Waals surface area contributed by atoms with Crippen LogP contribution in [-0.2, 0) is 14.8 Å². The van der Waals surface area contributed by atoms with Gasteiger partial charge in [0.2, 0.25) is 10.0 Å². The summed E-state index contributed by atoms with van der Waals surface area (Å²) >= 11 is 0. The van der Waals surface area contributed by atoms with Gasteiger partial charge in [-0.2, -0.15) is 4.31 Å². The SMILES string of the molecule is C[C@@]1(O)CCOC2(CCN(S(=O)(=O)c3ccc(F)cc3)CC2)[C@H]1O. The van der Waals surface area contributed by atoms with E-state index in [1.54, 1.807) is 6.92 Å². The highest BCUT2D eigenvalue weighted by atomic mass is 32.2. The van der Waals surface area contributed by atoms with Crippen molar-refractivity contribution in [3.8, 4) is 0 Å². The van der Waals surface area contributed by atoms with E-state index in [1.807, 2.05) is 0 Å².